The van der Waals surface area contributed by atoms with Crippen molar-refractivity contribution in [3.63, 3.8) is 0 Å². The predicted molar refractivity (Wildman–Crippen MR) is 84.0 cm³/mol. The lowest BCUT2D eigenvalue weighted by Gasteiger charge is -2.08. The topological polar surface area (TPSA) is 52.1 Å². The molecule has 0 amide bonds. The van der Waals surface area contributed by atoms with Crippen LogP contribution < -0.4 is 9.47 Å². The molecule has 0 fully saturated rings. The summed E-state index contributed by atoms with van der Waals surface area (Å²) in [7, 11) is 1.59. The first-order valence-corrected chi connectivity index (χ1v) is 7.02. The predicted octanol–water partition coefficient (Wildman–Crippen LogP) is 3.49. The first kappa shape index (κ1) is 13.6. The number of nitrogens with one attached hydrogen (secondary N) is 1. The SMILES string of the molecule is CCOc1cccc(-n2c(=S)[nH]c3ccc(OC)nc32)c1. The highest BCUT2D eigenvalue weighted by Gasteiger charge is 2.10. The number of methoxy groups -OCH3 is 1. The van der Waals surface area contributed by atoms with Crippen molar-refractivity contribution in [1.29, 1.82) is 0 Å². The number of H-pyrrole nitrogens is 1. The molecule has 0 aliphatic rings. The number of pyridine rings is 1. The molecule has 0 atom stereocenters. The van der Waals surface area contributed by atoms with Crippen LogP contribution in [-0.2, 0) is 0 Å². The lowest BCUT2D eigenvalue weighted by Crippen LogP contribution is -1.98. The summed E-state index contributed by atoms with van der Waals surface area (Å²) in [5.74, 6) is 1.35. The van der Waals surface area contributed by atoms with Gasteiger partial charge in [0.2, 0.25) is 5.88 Å². The van der Waals surface area contributed by atoms with Gasteiger partial charge in [-0.15, -0.1) is 0 Å². The highest BCUT2D eigenvalue weighted by Crippen LogP contribution is 2.23. The molecule has 0 bridgehead atoms. The molecule has 21 heavy (non-hydrogen) atoms. The summed E-state index contributed by atoms with van der Waals surface area (Å²) in [6, 6.07) is 11.5. The summed E-state index contributed by atoms with van der Waals surface area (Å²) in [4.78, 5) is 7.62. The van der Waals surface area contributed by atoms with E-state index in [0.717, 1.165) is 22.6 Å². The lowest BCUT2D eigenvalue weighted by atomic mass is 10.3. The molecule has 0 aliphatic carbocycles. The van der Waals surface area contributed by atoms with E-state index in [1.807, 2.05) is 41.8 Å². The van der Waals surface area contributed by atoms with Gasteiger partial charge >= 0.3 is 0 Å². The normalized spacial score (nSPS) is 10.8. The third-order valence-corrected chi connectivity index (χ3v) is 3.39. The maximum absolute atomic E-state index is 5.54. The molecule has 108 valence electrons. The Morgan fingerprint density at radius 2 is 2.14 bits per heavy atom. The minimum absolute atomic E-state index is 0.547. The van der Waals surface area contributed by atoms with E-state index in [2.05, 4.69) is 9.97 Å². The van der Waals surface area contributed by atoms with Gasteiger partial charge in [-0.3, -0.25) is 4.57 Å². The summed E-state index contributed by atoms with van der Waals surface area (Å²) in [6.45, 7) is 2.57. The number of rotatable bonds is 4. The molecular weight excluding hydrogens is 286 g/mol. The summed E-state index contributed by atoms with van der Waals surface area (Å²) < 4.78 is 13.2. The second kappa shape index (κ2) is 5.57. The average molecular weight is 301 g/mol. The van der Waals surface area contributed by atoms with Crippen molar-refractivity contribution in [1.82, 2.24) is 14.5 Å². The highest BCUT2D eigenvalue weighted by molar-refractivity contribution is 7.71. The molecule has 0 saturated heterocycles. The number of hydrogen-bond donors (Lipinski definition) is 1. The number of aromatic nitrogens is 3. The molecule has 5 nitrogen and oxygen atoms in total. The molecule has 2 heterocycles. The Morgan fingerprint density at radius 3 is 2.90 bits per heavy atom. The van der Waals surface area contributed by atoms with E-state index in [1.165, 1.54) is 0 Å². The van der Waals surface area contributed by atoms with E-state index >= 15 is 0 Å². The van der Waals surface area contributed by atoms with Crippen molar-refractivity contribution in [2.24, 2.45) is 0 Å². The first-order valence-electron chi connectivity index (χ1n) is 6.62. The van der Waals surface area contributed by atoms with Crippen molar-refractivity contribution in [3.05, 3.63) is 41.2 Å². The van der Waals surface area contributed by atoms with Crippen molar-refractivity contribution >= 4 is 23.4 Å². The summed E-state index contributed by atoms with van der Waals surface area (Å²) in [5.41, 5.74) is 2.49. The second-order valence-electron chi connectivity index (χ2n) is 4.42. The van der Waals surface area contributed by atoms with Crippen LogP contribution in [0.5, 0.6) is 11.6 Å². The van der Waals surface area contributed by atoms with E-state index in [-0.39, 0.29) is 0 Å². The number of aromatic amines is 1. The molecular formula is C15H15N3O2S. The van der Waals surface area contributed by atoms with Crippen LogP contribution >= 0.6 is 12.2 Å². The fourth-order valence-corrected chi connectivity index (χ4v) is 2.50. The zero-order valence-corrected chi connectivity index (χ0v) is 12.6. The largest absolute Gasteiger partial charge is 0.494 e. The van der Waals surface area contributed by atoms with Crippen molar-refractivity contribution in [3.8, 4) is 17.3 Å². The molecule has 0 aliphatic heterocycles. The summed E-state index contributed by atoms with van der Waals surface area (Å²) in [6.07, 6.45) is 0. The van der Waals surface area contributed by atoms with Crippen molar-refractivity contribution in [2.75, 3.05) is 13.7 Å². The molecule has 0 radical (unpaired) electrons. The molecule has 0 spiro atoms. The number of fused-ring (bicyclic) bond motifs is 1. The van der Waals surface area contributed by atoms with E-state index in [9.17, 15) is 0 Å². The van der Waals surface area contributed by atoms with Gasteiger partial charge in [-0.1, -0.05) is 6.07 Å². The zero-order valence-electron chi connectivity index (χ0n) is 11.8. The van der Waals surface area contributed by atoms with Gasteiger partial charge in [0.15, 0.2) is 10.4 Å². The number of ether oxygens (including phenoxy) is 2. The molecule has 3 rings (SSSR count). The van der Waals surface area contributed by atoms with Crippen LogP contribution in [0.3, 0.4) is 0 Å². The van der Waals surface area contributed by atoms with Crippen LogP contribution in [0.1, 0.15) is 6.92 Å². The maximum Gasteiger partial charge on any atom is 0.215 e. The fraction of sp³-hybridized carbons (Fsp3) is 0.200. The number of benzene rings is 1. The smallest absolute Gasteiger partial charge is 0.215 e. The van der Waals surface area contributed by atoms with Gasteiger partial charge in [0, 0.05) is 12.1 Å². The Balaban J connectivity index is 2.21. The van der Waals surface area contributed by atoms with E-state index in [4.69, 9.17) is 21.7 Å². The third-order valence-electron chi connectivity index (χ3n) is 3.10. The molecule has 6 heteroatoms. The van der Waals surface area contributed by atoms with Crippen LogP contribution in [0.2, 0.25) is 0 Å². The molecule has 2 aromatic heterocycles. The monoisotopic (exact) mass is 301 g/mol. The number of hydrogen-bond acceptors (Lipinski definition) is 4. The quantitative estimate of drug-likeness (QED) is 0.749. The van der Waals surface area contributed by atoms with E-state index < -0.39 is 0 Å². The van der Waals surface area contributed by atoms with Gasteiger partial charge < -0.3 is 14.5 Å². The van der Waals surface area contributed by atoms with Gasteiger partial charge in [-0.2, -0.15) is 4.98 Å². The van der Waals surface area contributed by atoms with Gasteiger partial charge in [-0.25, -0.2) is 0 Å². The zero-order chi connectivity index (χ0) is 14.8. The van der Waals surface area contributed by atoms with Crippen LogP contribution in [0, 0.1) is 4.77 Å². The Kier molecular flexibility index (Phi) is 3.62. The van der Waals surface area contributed by atoms with E-state index in [1.54, 1.807) is 13.2 Å². The average Bonchev–Trinajstić information content (AvgIpc) is 2.82. The van der Waals surface area contributed by atoms with Crippen LogP contribution in [0.4, 0.5) is 0 Å². The molecule has 3 aromatic rings. The van der Waals surface area contributed by atoms with E-state index in [0.29, 0.717) is 17.3 Å². The number of imidazole rings is 1. The summed E-state index contributed by atoms with van der Waals surface area (Å²) >= 11 is 5.41. The fourth-order valence-electron chi connectivity index (χ4n) is 2.20. The van der Waals surface area contributed by atoms with Gasteiger partial charge in [0.1, 0.15) is 5.75 Å². The molecule has 1 N–H and O–H groups in total. The second-order valence-corrected chi connectivity index (χ2v) is 4.81. The standard InChI is InChI=1S/C15H15N3O2S/c1-3-20-11-6-4-5-10(9-11)18-14-12(16-15(18)21)7-8-13(17-14)19-2/h4-9H,3H2,1-2H3,(H,16,21). The van der Waals surface area contributed by atoms with Crippen molar-refractivity contribution < 1.29 is 9.47 Å². The summed E-state index contributed by atoms with van der Waals surface area (Å²) in [5, 5.41) is 0. The van der Waals surface area contributed by atoms with Gasteiger partial charge in [-0.05, 0) is 37.3 Å². The Morgan fingerprint density at radius 1 is 1.29 bits per heavy atom. The minimum Gasteiger partial charge on any atom is -0.494 e. The number of nitrogens with zero attached hydrogens (tertiary/aromatic N) is 2. The molecule has 0 saturated carbocycles. The van der Waals surface area contributed by atoms with Gasteiger partial charge in [0.25, 0.3) is 0 Å². The Labute approximate surface area is 127 Å². The van der Waals surface area contributed by atoms with Crippen molar-refractivity contribution in [2.45, 2.75) is 6.92 Å². The van der Waals surface area contributed by atoms with Crippen LogP contribution in [-0.4, -0.2) is 28.3 Å². The Hall–Kier alpha value is -2.34. The minimum atomic E-state index is 0.547. The van der Waals surface area contributed by atoms with Crippen LogP contribution in [0.15, 0.2) is 36.4 Å². The first-order chi connectivity index (χ1) is 10.2. The molecule has 0 unspecified atom stereocenters. The van der Waals surface area contributed by atoms with Crippen LogP contribution in [0.25, 0.3) is 16.9 Å². The lowest BCUT2D eigenvalue weighted by molar-refractivity contribution is 0.340. The highest BCUT2D eigenvalue weighted by atomic mass is 32.1. The Bertz CT molecular complexity index is 838. The third kappa shape index (κ3) is 2.50. The molecule has 1 aromatic carbocycles. The van der Waals surface area contributed by atoms with Gasteiger partial charge in [0.05, 0.1) is 24.9 Å². The maximum atomic E-state index is 5.54.